The first-order valence-corrected chi connectivity index (χ1v) is 8.21. The maximum atomic E-state index is 12.7. The molecule has 1 aliphatic carbocycles. The quantitative estimate of drug-likeness (QED) is 0.842. The van der Waals surface area contributed by atoms with Crippen LogP contribution in [0.15, 0.2) is 60.7 Å². The Kier molecular flexibility index (Phi) is 3.45. The lowest BCUT2D eigenvalue weighted by molar-refractivity contribution is -0.131. The van der Waals surface area contributed by atoms with E-state index in [2.05, 4.69) is 59.5 Å². The van der Waals surface area contributed by atoms with Gasteiger partial charge in [-0.2, -0.15) is 0 Å². The lowest BCUT2D eigenvalue weighted by atomic mass is 9.99. The number of nitrogens with zero attached hydrogens (tertiary/aromatic N) is 1. The normalized spacial score (nSPS) is 26.9. The van der Waals surface area contributed by atoms with Gasteiger partial charge in [-0.05, 0) is 29.9 Å². The van der Waals surface area contributed by atoms with Crippen molar-refractivity contribution in [2.45, 2.75) is 24.7 Å². The highest BCUT2D eigenvalue weighted by Crippen LogP contribution is 2.49. The van der Waals surface area contributed by atoms with E-state index in [4.69, 9.17) is 0 Å². The Bertz CT molecular complexity index is 652. The highest BCUT2D eigenvalue weighted by Gasteiger charge is 2.46. The average Bonchev–Trinajstić information content (AvgIpc) is 3.24. The van der Waals surface area contributed by atoms with Crippen molar-refractivity contribution in [2.75, 3.05) is 13.1 Å². The van der Waals surface area contributed by atoms with Crippen molar-refractivity contribution in [3.63, 3.8) is 0 Å². The molecule has 1 heterocycles. The van der Waals surface area contributed by atoms with Crippen LogP contribution in [-0.4, -0.2) is 23.9 Å². The first-order chi connectivity index (χ1) is 10.8. The van der Waals surface area contributed by atoms with Crippen LogP contribution in [0, 0.1) is 5.92 Å². The molecule has 4 rings (SSSR count). The second-order valence-corrected chi connectivity index (χ2v) is 6.54. The first kappa shape index (κ1) is 13.6. The highest BCUT2D eigenvalue weighted by atomic mass is 16.2. The third kappa shape index (κ3) is 2.54. The zero-order valence-corrected chi connectivity index (χ0v) is 12.7. The van der Waals surface area contributed by atoms with Gasteiger partial charge >= 0.3 is 0 Å². The number of hydrogen-bond donors (Lipinski definition) is 0. The van der Waals surface area contributed by atoms with Gasteiger partial charge in [-0.25, -0.2) is 0 Å². The van der Waals surface area contributed by atoms with Crippen LogP contribution in [0.1, 0.15) is 35.8 Å². The number of hydrogen-bond acceptors (Lipinski definition) is 1. The van der Waals surface area contributed by atoms with Crippen LogP contribution in [0.2, 0.25) is 0 Å². The molecule has 22 heavy (non-hydrogen) atoms. The maximum absolute atomic E-state index is 12.7. The van der Waals surface area contributed by atoms with Crippen LogP contribution in [0.5, 0.6) is 0 Å². The maximum Gasteiger partial charge on any atom is 0.226 e. The van der Waals surface area contributed by atoms with Gasteiger partial charge in [-0.1, -0.05) is 60.7 Å². The summed E-state index contributed by atoms with van der Waals surface area (Å²) in [5, 5.41) is 0. The van der Waals surface area contributed by atoms with Gasteiger partial charge in [0.05, 0.1) is 0 Å². The van der Waals surface area contributed by atoms with E-state index < -0.39 is 0 Å². The lowest BCUT2D eigenvalue weighted by Gasteiger charge is -2.17. The number of carbonyl (C=O) groups is 1. The molecule has 112 valence electrons. The van der Waals surface area contributed by atoms with Crippen LogP contribution in [0.25, 0.3) is 0 Å². The molecule has 3 atom stereocenters. The fourth-order valence-electron chi connectivity index (χ4n) is 3.73. The molecule has 2 aliphatic rings. The molecule has 0 spiro atoms. The number of benzene rings is 2. The van der Waals surface area contributed by atoms with Crippen LogP contribution < -0.4 is 0 Å². The molecule has 1 aliphatic heterocycles. The summed E-state index contributed by atoms with van der Waals surface area (Å²) in [6.07, 6.45) is 2.12. The average molecular weight is 291 g/mol. The van der Waals surface area contributed by atoms with Crippen molar-refractivity contribution in [2.24, 2.45) is 5.92 Å². The summed E-state index contributed by atoms with van der Waals surface area (Å²) in [7, 11) is 0. The molecule has 0 aromatic heterocycles. The Morgan fingerprint density at radius 3 is 2.23 bits per heavy atom. The van der Waals surface area contributed by atoms with Gasteiger partial charge in [0.1, 0.15) is 0 Å². The Morgan fingerprint density at radius 1 is 0.909 bits per heavy atom. The van der Waals surface area contributed by atoms with E-state index in [9.17, 15) is 4.79 Å². The highest BCUT2D eigenvalue weighted by molar-refractivity contribution is 5.83. The molecular formula is C20H21NO. The van der Waals surface area contributed by atoms with Crippen LogP contribution in [-0.2, 0) is 4.79 Å². The van der Waals surface area contributed by atoms with Gasteiger partial charge in [0, 0.05) is 24.9 Å². The Labute approximate surface area is 131 Å². The number of likely N-dealkylation sites (tertiary alicyclic amines) is 1. The van der Waals surface area contributed by atoms with E-state index in [0.717, 1.165) is 25.9 Å². The molecule has 1 amide bonds. The molecular weight excluding hydrogens is 270 g/mol. The molecule has 2 aromatic carbocycles. The van der Waals surface area contributed by atoms with Gasteiger partial charge in [-0.15, -0.1) is 0 Å². The van der Waals surface area contributed by atoms with E-state index in [0.29, 0.717) is 17.7 Å². The molecule has 2 nitrogen and oxygen atoms in total. The molecule has 0 bridgehead atoms. The summed E-state index contributed by atoms with van der Waals surface area (Å²) in [6.45, 7) is 1.80. The predicted molar refractivity (Wildman–Crippen MR) is 87.7 cm³/mol. The van der Waals surface area contributed by atoms with Gasteiger partial charge in [0.15, 0.2) is 0 Å². The number of carbonyl (C=O) groups excluding carboxylic acids is 1. The largest absolute Gasteiger partial charge is 0.342 e. The molecule has 1 saturated heterocycles. The van der Waals surface area contributed by atoms with Crippen molar-refractivity contribution < 1.29 is 4.79 Å². The molecule has 3 unspecified atom stereocenters. The topological polar surface area (TPSA) is 20.3 Å². The summed E-state index contributed by atoms with van der Waals surface area (Å²) >= 11 is 0. The zero-order chi connectivity index (χ0) is 14.9. The second kappa shape index (κ2) is 5.60. The van der Waals surface area contributed by atoms with Crippen molar-refractivity contribution in [1.82, 2.24) is 4.90 Å². The van der Waals surface area contributed by atoms with Crippen molar-refractivity contribution in [3.8, 4) is 0 Å². The Balaban J connectivity index is 1.39. The fourth-order valence-corrected chi connectivity index (χ4v) is 3.73. The molecule has 2 heteroatoms. The minimum Gasteiger partial charge on any atom is -0.342 e. The van der Waals surface area contributed by atoms with E-state index >= 15 is 0 Å². The SMILES string of the molecule is O=C(C1CC1c1ccccc1)N1CCC(c2ccccc2)C1. The molecule has 1 saturated carbocycles. The second-order valence-electron chi connectivity index (χ2n) is 6.54. The molecule has 0 radical (unpaired) electrons. The zero-order valence-electron chi connectivity index (χ0n) is 12.7. The third-order valence-corrected chi connectivity index (χ3v) is 5.11. The number of rotatable bonds is 3. The van der Waals surface area contributed by atoms with E-state index in [1.807, 2.05) is 6.07 Å². The van der Waals surface area contributed by atoms with Crippen LogP contribution in [0.3, 0.4) is 0 Å². The molecule has 2 aromatic rings. The molecule has 0 N–H and O–H groups in total. The van der Waals surface area contributed by atoms with Gasteiger partial charge < -0.3 is 4.90 Å². The van der Waals surface area contributed by atoms with Crippen molar-refractivity contribution in [1.29, 1.82) is 0 Å². The summed E-state index contributed by atoms with van der Waals surface area (Å²) in [6, 6.07) is 21.1. The monoisotopic (exact) mass is 291 g/mol. The standard InChI is InChI=1S/C20H21NO/c22-20(19-13-18(19)16-9-5-2-6-10-16)21-12-11-17(14-21)15-7-3-1-4-8-15/h1-10,17-19H,11-14H2. The minimum atomic E-state index is 0.219. The molecule has 2 fully saturated rings. The summed E-state index contributed by atoms with van der Waals surface area (Å²) in [5.41, 5.74) is 2.69. The minimum absolute atomic E-state index is 0.219. The van der Waals surface area contributed by atoms with E-state index in [1.165, 1.54) is 11.1 Å². The van der Waals surface area contributed by atoms with Gasteiger partial charge in [0.2, 0.25) is 5.91 Å². The fraction of sp³-hybridized carbons (Fsp3) is 0.350. The smallest absolute Gasteiger partial charge is 0.226 e. The Morgan fingerprint density at radius 2 is 1.55 bits per heavy atom. The van der Waals surface area contributed by atoms with Crippen molar-refractivity contribution in [3.05, 3.63) is 71.8 Å². The van der Waals surface area contributed by atoms with Crippen LogP contribution >= 0.6 is 0 Å². The van der Waals surface area contributed by atoms with Crippen molar-refractivity contribution >= 4 is 5.91 Å². The van der Waals surface area contributed by atoms with Gasteiger partial charge in [0.25, 0.3) is 0 Å². The first-order valence-electron chi connectivity index (χ1n) is 8.21. The number of amides is 1. The predicted octanol–water partition coefficient (Wildman–Crippen LogP) is 3.81. The summed E-state index contributed by atoms with van der Waals surface area (Å²) in [4.78, 5) is 14.8. The van der Waals surface area contributed by atoms with Gasteiger partial charge in [-0.3, -0.25) is 4.79 Å². The Hall–Kier alpha value is -2.09. The van der Waals surface area contributed by atoms with E-state index in [1.54, 1.807) is 0 Å². The summed E-state index contributed by atoms with van der Waals surface area (Å²) in [5.74, 6) is 1.55. The van der Waals surface area contributed by atoms with E-state index in [-0.39, 0.29) is 5.92 Å². The summed E-state index contributed by atoms with van der Waals surface area (Å²) < 4.78 is 0. The van der Waals surface area contributed by atoms with Crippen LogP contribution in [0.4, 0.5) is 0 Å². The lowest BCUT2D eigenvalue weighted by Crippen LogP contribution is -2.30. The third-order valence-electron chi connectivity index (χ3n) is 5.11.